The molecule has 1 amide bonds. The number of ether oxygens (including phenoxy) is 2. The highest BCUT2D eigenvalue weighted by molar-refractivity contribution is 5.78. The summed E-state index contributed by atoms with van der Waals surface area (Å²) in [6.45, 7) is 2.43. The number of hydrogen-bond acceptors (Lipinski definition) is 5. The van der Waals surface area contributed by atoms with E-state index in [0.717, 1.165) is 41.9 Å². The van der Waals surface area contributed by atoms with Crippen molar-refractivity contribution >= 4 is 11.9 Å². The molecule has 0 unspecified atom stereocenters. The Morgan fingerprint density at radius 2 is 2.00 bits per heavy atom. The van der Waals surface area contributed by atoms with Gasteiger partial charge in [-0.2, -0.15) is 0 Å². The molecule has 2 aromatic rings. The van der Waals surface area contributed by atoms with Gasteiger partial charge in [0.25, 0.3) is 0 Å². The molecular formula is C24H30N2O5. The molecule has 7 heteroatoms. The summed E-state index contributed by atoms with van der Waals surface area (Å²) < 4.78 is 11.5. The molecule has 31 heavy (non-hydrogen) atoms. The molecule has 0 spiro atoms. The van der Waals surface area contributed by atoms with Gasteiger partial charge in [-0.1, -0.05) is 30.3 Å². The van der Waals surface area contributed by atoms with Crippen molar-refractivity contribution < 1.29 is 24.2 Å². The number of fused-ring (bicyclic) bond motifs is 1. The molecule has 0 aliphatic carbocycles. The Labute approximate surface area is 183 Å². The molecular weight excluding hydrogens is 396 g/mol. The number of aliphatic carboxylic acids is 1. The summed E-state index contributed by atoms with van der Waals surface area (Å²) in [5.41, 5.74) is 2.56. The summed E-state index contributed by atoms with van der Waals surface area (Å²) in [6, 6.07) is 13.2. The molecule has 0 fully saturated rings. The fourth-order valence-electron chi connectivity index (χ4n) is 3.74. The molecule has 1 heterocycles. The summed E-state index contributed by atoms with van der Waals surface area (Å²) >= 11 is 0. The fraction of sp³-hybridized carbons (Fsp3) is 0.417. The van der Waals surface area contributed by atoms with Gasteiger partial charge in [0.05, 0.1) is 26.7 Å². The second kappa shape index (κ2) is 11.4. The van der Waals surface area contributed by atoms with Crippen LogP contribution in [0.3, 0.4) is 0 Å². The van der Waals surface area contributed by atoms with Crippen LogP contribution in [0.2, 0.25) is 0 Å². The first kappa shape index (κ1) is 22.6. The van der Waals surface area contributed by atoms with E-state index in [1.807, 2.05) is 41.3 Å². The Balaban J connectivity index is 1.91. The second-order valence-electron chi connectivity index (χ2n) is 7.73. The Morgan fingerprint density at radius 3 is 2.81 bits per heavy atom. The predicted octanol–water partition coefficient (Wildman–Crippen LogP) is 3.00. The highest BCUT2D eigenvalue weighted by atomic mass is 16.5. The summed E-state index contributed by atoms with van der Waals surface area (Å²) in [5.74, 6) is 0.592. The van der Waals surface area contributed by atoms with E-state index in [2.05, 4.69) is 5.32 Å². The van der Waals surface area contributed by atoms with E-state index in [1.165, 1.54) is 0 Å². The van der Waals surface area contributed by atoms with Gasteiger partial charge in [0.15, 0.2) is 0 Å². The van der Waals surface area contributed by atoms with Crippen LogP contribution in [0.25, 0.3) is 0 Å². The number of nitrogens with zero attached hydrogens (tertiary/aromatic N) is 1. The number of nitrogens with one attached hydrogen (secondary N) is 1. The van der Waals surface area contributed by atoms with E-state index >= 15 is 0 Å². The maximum atomic E-state index is 12.6. The smallest absolute Gasteiger partial charge is 0.307 e. The maximum absolute atomic E-state index is 12.6. The number of carbonyl (C=O) groups excluding carboxylic acids is 1. The lowest BCUT2D eigenvalue weighted by Gasteiger charge is -2.24. The number of rotatable bonds is 5. The molecule has 7 nitrogen and oxygen atoms in total. The van der Waals surface area contributed by atoms with Gasteiger partial charge < -0.3 is 19.9 Å². The van der Waals surface area contributed by atoms with Crippen molar-refractivity contribution in [3.05, 3.63) is 59.2 Å². The normalized spacial score (nSPS) is 16.0. The van der Waals surface area contributed by atoms with Gasteiger partial charge in [-0.25, -0.2) is 0 Å². The average molecular weight is 427 g/mol. The Kier molecular flexibility index (Phi) is 8.29. The number of benzene rings is 2. The van der Waals surface area contributed by atoms with E-state index in [0.29, 0.717) is 31.8 Å². The van der Waals surface area contributed by atoms with Crippen molar-refractivity contribution in [2.75, 3.05) is 26.8 Å². The molecule has 2 aromatic carbocycles. The van der Waals surface area contributed by atoms with E-state index in [1.54, 1.807) is 13.2 Å². The second-order valence-corrected chi connectivity index (χ2v) is 7.73. The topological polar surface area (TPSA) is 88.1 Å². The van der Waals surface area contributed by atoms with Crippen LogP contribution in [0.5, 0.6) is 11.5 Å². The van der Waals surface area contributed by atoms with Crippen molar-refractivity contribution in [2.24, 2.45) is 0 Å². The highest BCUT2D eigenvalue weighted by Crippen LogP contribution is 2.26. The van der Waals surface area contributed by atoms with E-state index in [9.17, 15) is 14.7 Å². The van der Waals surface area contributed by atoms with Crippen LogP contribution in [0.1, 0.15) is 36.0 Å². The van der Waals surface area contributed by atoms with Crippen molar-refractivity contribution in [1.82, 2.24) is 10.2 Å². The minimum atomic E-state index is -0.879. The van der Waals surface area contributed by atoms with Crippen molar-refractivity contribution in [3.8, 4) is 11.5 Å². The quantitative estimate of drug-likeness (QED) is 0.764. The minimum Gasteiger partial charge on any atom is -0.496 e. The highest BCUT2D eigenvalue weighted by Gasteiger charge is 2.18. The zero-order valence-electron chi connectivity index (χ0n) is 17.9. The first-order valence-electron chi connectivity index (χ1n) is 10.6. The van der Waals surface area contributed by atoms with Crippen LogP contribution in [0.15, 0.2) is 42.5 Å². The number of carbonyl (C=O) groups is 2. The monoisotopic (exact) mass is 426 g/mol. The zero-order valence-corrected chi connectivity index (χ0v) is 17.9. The largest absolute Gasteiger partial charge is 0.496 e. The Hall–Kier alpha value is -3.06. The van der Waals surface area contributed by atoms with Gasteiger partial charge in [0.2, 0.25) is 5.91 Å². The Bertz CT molecular complexity index is 899. The molecule has 0 atom stereocenters. The molecule has 0 saturated carbocycles. The Morgan fingerprint density at radius 1 is 1.16 bits per heavy atom. The lowest BCUT2D eigenvalue weighted by Crippen LogP contribution is -2.37. The molecule has 1 aliphatic rings. The SMILES string of the molecule is COc1ccccc1CN1CC(=O)NCCCCCOc2ccc(CC(=O)O)cc2C1. The first-order valence-corrected chi connectivity index (χ1v) is 10.6. The summed E-state index contributed by atoms with van der Waals surface area (Å²) in [7, 11) is 1.63. The molecule has 0 radical (unpaired) electrons. The standard InChI is InChI=1S/C24H30N2O5/c1-30-21-8-4-3-7-19(21)15-26-16-20-13-18(14-24(28)29)9-10-22(20)31-12-6-2-5-11-25-23(27)17-26/h3-4,7-10,13H,2,5-6,11-12,14-17H2,1H3,(H,25,27)(H,28,29). The number of carboxylic acids is 1. The summed E-state index contributed by atoms with van der Waals surface area (Å²) in [5, 5.41) is 12.2. The lowest BCUT2D eigenvalue weighted by molar-refractivity contribution is -0.136. The van der Waals surface area contributed by atoms with Gasteiger partial charge in [0, 0.05) is 30.8 Å². The zero-order chi connectivity index (χ0) is 22.1. The fourth-order valence-corrected chi connectivity index (χ4v) is 3.74. The number of hydrogen-bond donors (Lipinski definition) is 2. The third-order valence-electron chi connectivity index (χ3n) is 5.23. The van der Waals surface area contributed by atoms with Gasteiger partial charge >= 0.3 is 5.97 Å². The molecule has 166 valence electrons. The van der Waals surface area contributed by atoms with Crippen molar-refractivity contribution in [3.63, 3.8) is 0 Å². The van der Waals surface area contributed by atoms with Gasteiger partial charge in [-0.15, -0.1) is 0 Å². The van der Waals surface area contributed by atoms with Crippen molar-refractivity contribution in [1.29, 1.82) is 0 Å². The lowest BCUT2D eigenvalue weighted by atomic mass is 10.1. The van der Waals surface area contributed by atoms with Gasteiger partial charge in [-0.05, 0) is 37.0 Å². The minimum absolute atomic E-state index is 0.0293. The predicted molar refractivity (Wildman–Crippen MR) is 117 cm³/mol. The van der Waals surface area contributed by atoms with Crippen LogP contribution in [0.4, 0.5) is 0 Å². The average Bonchev–Trinajstić information content (AvgIpc) is 2.75. The third kappa shape index (κ3) is 7.00. The molecule has 3 rings (SSSR count). The number of methoxy groups -OCH3 is 1. The molecule has 0 saturated heterocycles. The van der Waals surface area contributed by atoms with Crippen LogP contribution >= 0.6 is 0 Å². The summed E-state index contributed by atoms with van der Waals surface area (Å²) in [6.07, 6.45) is 2.72. The number of carboxylic acid groups (broad SMARTS) is 1. The van der Waals surface area contributed by atoms with Crippen LogP contribution in [0, 0.1) is 0 Å². The number of amides is 1. The van der Waals surface area contributed by atoms with Crippen molar-refractivity contribution in [2.45, 2.75) is 38.8 Å². The van der Waals surface area contributed by atoms with Crippen LogP contribution in [-0.2, 0) is 29.1 Å². The molecule has 1 aliphatic heterocycles. The van der Waals surface area contributed by atoms with Gasteiger partial charge in [0.1, 0.15) is 11.5 Å². The summed E-state index contributed by atoms with van der Waals surface area (Å²) in [4.78, 5) is 25.8. The van der Waals surface area contributed by atoms with E-state index in [4.69, 9.17) is 9.47 Å². The first-order chi connectivity index (χ1) is 15.0. The number of para-hydroxylation sites is 1. The maximum Gasteiger partial charge on any atom is 0.307 e. The molecule has 0 bridgehead atoms. The molecule has 0 aromatic heterocycles. The van der Waals surface area contributed by atoms with E-state index in [-0.39, 0.29) is 18.9 Å². The third-order valence-corrected chi connectivity index (χ3v) is 5.23. The van der Waals surface area contributed by atoms with E-state index < -0.39 is 5.97 Å². The van der Waals surface area contributed by atoms with Crippen LogP contribution < -0.4 is 14.8 Å². The molecule has 2 N–H and O–H groups in total. The van der Waals surface area contributed by atoms with Crippen LogP contribution in [-0.4, -0.2) is 48.7 Å². The van der Waals surface area contributed by atoms with Gasteiger partial charge in [-0.3, -0.25) is 14.5 Å².